The maximum atomic E-state index is 8.35. The lowest BCUT2D eigenvalue weighted by atomic mass is 10.1. The van der Waals surface area contributed by atoms with Gasteiger partial charge in [-0.25, -0.2) is 30.6 Å². The van der Waals surface area contributed by atoms with E-state index < -0.39 is 0 Å². The largest absolute Gasteiger partial charge is 0.231 e. The molecule has 0 saturated heterocycles. The Morgan fingerprint density at radius 2 is 1.07 bits per heavy atom. The van der Waals surface area contributed by atoms with Crippen molar-refractivity contribution < 1.29 is 14.4 Å². The number of carbonyl (C=O) groups excluding carboxylic acids is 3. The highest BCUT2D eigenvalue weighted by molar-refractivity contribution is 5.26. The number of hydrogen-bond donors (Lipinski definition) is 3. The van der Waals surface area contributed by atoms with Gasteiger partial charge in [-0.2, -0.15) is 0 Å². The Morgan fingerprint density at radius 1 is 1.00 bits per heavy atom. The van der Waals surface area contributed by atoms with E-state index in [1.54, 1.807) is 0 Å². The molecule has 3 N–H and O–H groups in total. The van der Waals surface area contributed by atoms with Crippen LogP contribution < -0.4 is 0 Å². The average Bonchev–Trinajstić information content (AvgIpc) is 2.07. The minimum absolute atomic E-state index is 0.657. The Hall–Kier alpha value is -2.12. The summed E-state index contributed by atoms with van der Waals surface area (Å²) in [4.78, 5) is 25.0. The molecule has 15 heavy (non-hydrogen) atoms. The summed E-state index contributed by atoms with van der Waals surface area (Å²) in [7, 11) is 0. The van der Waals surface area contributed by atoms with Crippen LogP contribution in [-0.2, 0) is 14.4 Å². The van der Waals surface area contributed by atoms with Crippen LogP contribution in [0.25, 0.3) is 0 Å². The van der Waals surface area contributed by atoms with E-state index in [4.69, 9.17) is 30.6 Å². The van der Waals surface area contributed by atoms with Gasteiger partial charge in [0.2, 0.25) is 18.2 Å². The van der Waals surface area contributed by atoms with Gasteiger partial charge in [-0.15, -0.1) is 0 Å². The average molecular weight is 213 g/mol. The minimum atomic E-state index is 0.657. The van der Waals surface area contributed by atoms with Gasteiger partial charge in [-0.05, 0) is 12.8 Å². The third-order valence-electron chi connectivity index (χ3n) is 0.986. The van der Waals surface area contributed by atoms with Gasteiger partial charge in [0, 0.05) is 0 Å². The van der Waals surface area contributed by atoms with E-state index in [0.717, 1.165) is 18.2 Å². The fourth-order valence-corrected chi connectivity index (χ4v) is 0. The number of isocyanates is 3. The van der Waals surface area contributed by atoms with Crippen molar-refractivity contribution in [2.75, 3.05) is 0 Å². The van der Waals surface area contributed by atoms with Crippen LogP contribution in [0, 0.1) is 22.1 Å². The summed E-state index contributed by atoms with van der Waals surface area (Å²) < 4.78 is 0. The lowest BCUT2D eigenvalue weighted by Gasteiger charge is -1.97. The van der Waals surface area contributed by atoms with Gasteiger partial charge in [-0.1, -0.05) is 26.0 Å². The van der Waals surface area contributed by atoms with Gasteiger partial charge >= 0.3 is 0 Å². The topological polar surface area (TPSA) is 123 Å². The molecule has 0 aliphatic carbocycles. The summed E-state index contributed by atoms with van der Waals surface area (Å²) in [6.07, 6.45) is 2.25. The van der Waals surface area contributed by atoms with Crippen molar-refractivity contribution in [2.45, 2.75) is 20.8 Å². The molecule has 0 rings (SSSR count). The van der Waals surface area contributed by atoms with E-state index in [-0.39, 0.29) is 0 Å². The standard InChI is InChI=1S/C6H12.3CHNO/c1-5(2)6(3)4;3*2-1-3/h6H,1H2,2-4H3;3*2H. The Kier molecular flexibility index (Phi) is 45.7. The van der Waals surface area contributed by atoms with Gasteiger partial charge in [0.25, 0.3) is 0 Å². The molecule has 0 unspecified atom stereocenters. The van der Waals surface area contributed by atoms with Gasteiger partial charge in [0.1, 0.15) is 0 Å². The molecule has 0 radical (unpaired) electrons. The number of allylic oxidation sites excluding steroid dienone is 1. The first-order valence-electron chi connectivity index (χ1n) is 3.66. The minimum Gasteiger partial charge on any atom is -0.222 e. The van der Waals surface area contributed by atoms with Crippen LogP contribution in [-0.4, -0.2) is 18.2 Å². The van der Waals surface area contributed by atoms with Gasteiger partial charge in [0.05, 0.1) is 0 Å². The lowest BCUT2D eigenvalue weighted by Crippen LogP contribution is -1.83. The van der Waals surface area contributed by atoms with Crippen molar-refractivity contribution in [3.05, 3.63) is 12.2 Å². The van der Waals surface area contributed by atoms with E-state index in [2.05, 4.69) is 20.4 Å². The molecule has 0 aliphatic rings. The van der Waals surface area contributed by atoms with E-state index in [1.165, 1.54) is 5.57 Å². The van der Waals surface area contributed by atoms with Crippen molar-refractivity contribution in [3.8, 4) is 0 Å². The maximum absolute atomic E-state index is 8.35. The quantitative estimate of drug-likeness (QED) is 0.350. The molecule has 0 amide bonds. The van der Waals surface area contributed by atoms with Crippen molar-refractivity contribution in [3.63, 3.8) is 0 Å². The molecule has 6 nitrogen and oxygen atoms in total. The van der Waals surface area contributed by atoms with Crippen LogP contribution in [0.15, 0.2) is 12.2 Å². The molecule has 0 atom stereocenters. The normalized spacial score (nSPS) is 5.33. The zero-order valence-electron chi connectivity index (χ0n) is 9.01. The first-order chi connectivity index (χ1) is 6.89. The summed E-state index contributed by atoms with van der Waals surface area (Å²) in [5, 5.41) is 16.2. The van der Waals surface area contributed by atoms with Gasteiger partial charge in [-0.3, -0.25) is 0 Å². The van der Waals surface area contributed by atoms with Crippen molar-refractivity contribution in [1.82, 2.24) is 0 Å². The molecule has 0 spiro atoms. The van der Waals surface area contributed by atoms with Crippen molar-refractivity contribution in [2.24, 2.45) is 5.92 Å². The van der Waals surface area contributed by atoms with Crippen LogP contribution >= 0.6 is 0 Å². The predicted octanol–water partition coefficient (Wildman–Crippen LogP) is 1.92. The van der Waals surface area contributed by atoms with Crippen LogP contribution in [0.4, 0.5) is 0 Å². The second-order valence-electron chi connectivity index (χ2n) is 2.31. The first kappa shape index (κ1) is 23.1. The molecule has 84 valence electrons. The zero-order valence-corrected chi connectivity index (χ0v) is 9.01. The SMILES string of the molecule is C=C(C)C(C)C.N=C=O.N=C=O.N=C=O. The molecule has 0 aromatic carbocycles. The molecule has 0 heterocycles. The third-order valence-corrected chi connectivity index (χ3v) is 0.986. The van der Waals surface area contributed by atoms with E-state index in [1.807, 2.05) is 6.92 Å². The Bertz CT molecular complexity index is 213. The van der Waals surface area contributed by atoms with Crippen LogP contribution in [0.2, 0.25) is 0 Å². The summed E-state index contributed by atoms with van der Waals surface area (Å²) >= 11 is 0. The van der Waals surface area contributed by atoms with Crippen LogP contribution in [0.5, 0.6) is 0 Å². The molecule has 0 aromatic heterocycles. The number of hydrogen-bond acceptors (Lipinski definition) is 6. The Labute approximate surface area is 88.5 Å². The lowest BCUT2D eigenvalue weighted by molar-refractivity contribution is 0.562. The number of rotatable bonds is 1. The van der Waals surface area contributed by atoms with E-state index >= 15 is 0 Å². The molecule has 0 saturated carbocycles. The maximum Gasteiger partial charge on any atom is 0.231 e. The van der Waals surface area contributed by atoms with E-state index in [0.29, 0.717) is 5.92 Å². The predicted molar refractivity (Wildman–Crippen MR) is 54.9 cm³/mol. The second kappa shape index (κ2) is 29.7. The zero-order chi connectivity index (χ0) is 13.3. The second-order valence-corrected chi connectivity index (χ2v) is 2.31. The Balaban J connectivity index is -0.0000000581. The highest BCUT2D eigenvalue weighted by atomic mass is 16.1. The fourth-order valence-electron chi connectivity index (χ4n) is 0. The van der Waals surface area contributed by atoms with E-state index in [9.17, 15) is 0 Å². The smallest absolute Gasteiger partial charge is 0.222 e. The highest BCUT2D eigenvalue weighted by Crippen LogP contribution is 2.02. The van der Waals surface area contributed by atoms with Crippen LogP contribution in [0.3, 0.4) is 0 Å². The summed E-state index contributed by atoms with van der Waals surface area (Å²) in [6.45, 7) is 10.1. The van der Waals surface area contributed by atoms with Crippen molar-refractivity contribution in [1.29, 1.82) is 16.2 Å². The summed E-state index contributed by atoms with van der Waals surface area (Å²) in [6, 6.07) is 0. The number of nitrogens with one attached hydrogen (secondary N) is 3. The fraction of sp³-hybridized carbons (Fsp3) is 0.444. The Morgan fingerprint density at radius 3 is 1.07 bits per heavy atom. The molecule has 0 bridgehead atoms. The summed E-state index contributed by atoms with van der Waals surface area (Å²) in [5.41, 5.74) is 1.26. The molecule has 0 aliphatic heterocycles. The highest BCUT2D eigenvalue weighted by Gasteiger charge is 1.87. The first-order valence-corrected chi connectivity index (χ1v) is 3.66. The van der Waals surface area contributed by atoms with Crippen molar-refractivity contribution >= 4 is 18.2 Å². The molecule has 0 fully saturated rings. The molecule has 0 aromatic rings. The van der Waals surface area contributed by atoms with Crippen LogP contribution in [0.1, 0.15) is 20.8 Å². The molecular weight excluding hydrogens is 198 g/mol. The molecular formula is C9H15N3O3. The van der Waals surface area contributed by atoms with Gasteiger partial charge in [0.15, 0.2) is 0 Å². The molecule has 6 heteroatoms. The summed E-state index contributed by atoms with van der Waals surface area (Å²) in [5.74, 6) is 0.657. The monoisotopic (exact) mass is 213 g/mol. The van der Waals surface area contributed by atoms with Gasteiger partial charge < -0.3 is 0 Å². The third kappa shape index (κ3) is 328.